The van der Waals surface area contributed by atoms with Crippen LogP contribution < -0.4 is 5.32 Å². The van der Waals surface area contributed by atoms with Gasteiger partial charge in [0.25, 0.3) is 0 Å². The van der Waals surface area contributed by atoms with Crippen molar-refractivity contribution in [3.8, 4) is 0 Å². The molecule has 1 atom stereocenters. The predicted octanol–water partition coefficient (Wildman–Crippen LogP) is 1.73. The molecule has 0 radical (unpaired) electrons. The third-order valence-electron chi connectivity index (χ3n) is 1.76. The van der Waals surface area contributed by atoms with Crippen molar-refractivity contribution >= 4 is 11.6 Å². The van der Waals surface area contributed by atoms with Crippen molar-refractivity contribution in [2.75, 3.05) is 0 Å². The molecule has 0 amide bonds. The average Bonchev–Trinajstić information content (AvgIpc) is 2.27. The maximum atomic E-state index is 5.82. The summed E-state index contributed by atoms with van der Waals surface area (Å²) in [7, 11) is 0. The summed E-state index contributed by atoms with van der Waals surface area (Å²) in [6.07, 6.45) is 8.12. The van der Waals surface area contributed by atoms with Crippen molar-refractivity contribution < 1.29 is 0 Å². The minimum atomic E-state index is 0.229. The maximum absolute atomic E-state index is 5.82. The van der Waals surface area contributed by atoms with Crippen LogP contribution >= 0.6 is 11.6 Å². The second-order valence-corrected chi connectivity index (χ2v) is 3.15. The zero-order chi connectivity index (χ0) is 7.84. The Morgan fingerprint density at radius 2 is 2.45 bits per heavy atom. The third-order valence-corrected chi connectivity index (χ3v) is 2.01. The molecule has 0 saturated heterocycles. The van der Waals surface area contributed by atoms with E-state index < -0.39 is 0 Å². The Bertz CT molecular complexity index is 265. The first-order valence-electron chi connectivity index (χ1n) is 3.53. The molecule has 2 heterocycles. The molecule has 0 aromatic heterocycles. The lowest BCUT2D eigenvalue weighted by Gasteiger charge is -2.21. The second kappa shape index (κ2) is 2.31. The molecular formula is C8H9ClN2. The van der Waals surface area contributed by atoms with Gasteiger partial charge < -0.3 is 10.2 Å². The molecule has 0 aromatic carbocycles. The highest BCUT2D eigenvalue weighted by atomic mass is 35.5. The van der Waals surface area contributed by atoms with E-state index in [1.165, 1.54) is 5.70 Å². The molecule has 0 aliphatic carbocycles. The summed E-state index contributed by atoms with van der Waals surface area (Å²) in [5.74, 6) is 0. The quantitative estimate of drug-likeness (QED) is 0.593. The molecule has 0 aromatic rings. The minimum Gasteiger partial charge on any atom is -0.364 e. The number of nitrogens with one attached hydrogen (secondary N) is 1. The fraction of sp³-hybridized carbons (Fsp3) is 0.250. The minimum absolute atomic E-state index is 0.229. The molecule has 11 heavy (non-hydrogen) atoms. The number of hydrogen-bond donors (Lipinski definition) is 1. The highest BCUT2D eigenvalue weighted by molar-refractivity contribution is 6.31. The lowest BCUT2D eigenvalue weighted by atomic mass is 10.3. The van der Waals surface area contributed by atoms with Gasteiger partial charge in [-0.1, -0.05) is 11.6 Å². The van der Waals surface area contributed by atoms with Crippen LogP contribution in [0.4, 0.5) is 0 Å². The Hall–Kier alpha value is -0.890. The SMILES string of the molecule is CC1=CN2C=CC(Cl)=CC2N1. The van der Waals surface area contributed by atoms with Crippen LogP contribution in [0.2, 0.25) is 0 Å². The maximum Gasteiger partial charge on any atom is 0.123 e. The zero-order valence-corrected chi connectivity index (χ0v) is 6.97. The molecule has 0 bridgehead atoms. The van der Waals surface area contributed by atoms with Crippen LogP contribution in [-0.2, 0) is 0 Å². The summed E-state index contributed by atoms with van der Waals surface area (Å²) in [5, 5.41) is 4.05. The first-order valence-corrected chi connectivity index (χ1v) is 3.91. The van der Waals surface area contributed by atoms with Gasteiger partial charge in [0.2, 0.25) is 0 Å². The number of hydrogen-bond acceptors (Lipinski definition) is 2. The Morgan fingerprint density at radius 1 is 1.64 bits per heavy atom. The first kappa shape index (κ1) is 6.80. The van der Waals surface area contributed by atoms with E-state index in [1.54, 1.807) is 0 Å². The van der Waals surface area contributed by atoms with Gasteiger partial charge in [-0.25, -0.2) is 0 Å². The van der Waals surface area contributed by atoms with E-state index in [0.29, 0.717) is 0 Å². The molecule has 2 rings (SSSR count). The van der Waals surface area contributed by atoms with Crippen molar-refractivity contribution in [1.82, 2.24) is 10.2 Å². The number of rotatable bonds is 0. The zero-order valence-electron chi connectivity index (χ0n) is 6.21. The van der Waals surface area contributed by atoms with Gasteiger partial charge in [0.1, 0.15) is 6.17 Å². The van der Waals surface area contributed by atoms with Crippen molar-refractivity contribution in [3.05, 3.63) is 35.3 Å². The smallest absolute Gasteiger partial charge is 0.123 e. The highest BCUT2D eigenvalue weighted by Gasteiger charge is 2.19. The fourth-order valence-electron chi connectivity index (χ4n) is 1.28. The molecule has 1 N–H and O–H groups in total. The van der Waals surface area contributed by atoms with Crippen molar-refractivity contribution in [2.24, 2.45) is 0 Å². The van der Waals surface area contributed by atoms with Gasteiger partial charge in [0, 0.05) is 23.1 Å². The third kappa shape index (κ3) is 1.14. The van der Waals surface area contributed by atoms with Crippen LogP contribution in [0.3, 0.4) is 0 Å². The van der Waals surface area contributed by atoms with E-state index in [-0.39, 0.29) is 6.17 Å². The van der Waals surface area contributed by atoms with Gasteiger partial charge >= 0.3 is 0 Å². The molecule has 2 aliphatic heterocycles. The van der Waals surface area contributed by atoms with E-state index in [2.05, 4.69) is 16.4 Å². The van der Waals surface area contributed by atoms with Crippen molar-refractivity contribution in [3.63, 3.8) is 0 Å². The predicted molar refractivity (Wildman–Crippen MR) is 45.6 cm³/mol. The van der Waals surface area contributed by atoms with Crippen LogP contribution in [-0.4, -0.2) is 11.1 Å². The van der Waals surface area contributed by atoms with E-state index in [9.17, 15) is 0 Å². The van der Waals surface area contributed by atoms with Crippen LogP contribution in [0.15, 0.2) is 35.3 Å². The van der Waals surface area contributed by atoms with Crippen LogP contribution in [0.25, 0.3) is 0 Å². The topological polar surface area (TPSA) is 15.3 Å². The Balaban J connectivity index is 2.25. The normalized spacial score (nSPS) is 27.5. The fourth-order valence-corrected chi connectivity index (χ4v) is 1.45. The van der Waals surface area contributed by atoms with E-state index in [4.69, 9.17) is 11.6 Å². The highest BCUT2D eigenvalue weighted by Crippen LogP contribution is 2.20. The van der Waals surface area contributed by atoms with E-state index >= 15 is 0 Å². The molecule has 0 fully saturated rings. The lowest BCUT2D eigenvalue weighted by Crippen LogP contribution is -2.32. The van der Waals surface area contributed by atoms with Crippen molar-refractivity contribution in [2.45, 2.75) is 13.1 Å². The molecule has 3 heteroatoms. The summed E-state index contributed by atoms with van der Waals surface area (Å²) >= 11 is 5.82. The van der Waals surface area contributed by atoms with Crippen LogP contribution in [0.1, 0.15) is 6.92 Å². The largest absolute Gasteiger partial charge is 0.364 e. The van der Waals surface area contributed by atoms with Gasteiger partial charge in [-0.05, 0) is 19.1 Å². The van der Waals surface area contributed by atoms with E-state index in [0.717, 1.165) is 5.03 Å². The molecule has 0 spiro atoms. The number of halogens is 1. The Kier molecular flexibility index (Phi) is 1.43. The lowest BCUT2D eigenvalue weighted by molar-refractivity contribution is 0.423. The van der Waals surface area contributed by atoms with Gasteiger partial charge in [0.05, 0.1) is 0 Å². The molecule has 1 unspecified atom stereocenters. The molecule has 58 valence electrons. The van der Waals surface area contributed by atoms with Gasteiger partial charge in [-0.2, -0.15) is 0 Å². The second-order valence-electron chi connectivity index (χ2n) is 2.72. The number of nitrogens with zero attached hydrogens (tertiary/aromatic N) is 1. The van der Waals surface area contributed by atoms with Crippen LogP contribution in [0.5, 0.6) is 0 Å². The van der Waals surface area contributed by atoms with Gasteiger partial charge in [-0.3, -0.25) is 0 Å². The summed E-state index contributed by atoms with van der Waals surface area (Å²) < 4.78 is 0. The molecule has 2 aliphatic rings. The number of allylic oxidation sites excluding steroid dienone is 3. The summed E-state index contributed by atoms with van der Waals surface area (Å²) in [5.41, 5.74) is 1.17. The summed E-state index contributed by atoms with van der Waals surface area (Å²) in [4.78, 5) is 2.08. The number of fused-ring (bicyclic) bond motifs is 1. The van der Waals surface area contributed by atoms with Crippen molar-refractivity contribution in [1.29, 1.82) is 0 Å². The Morgan fingerprint density at radius 3 is 3.27 bits per heavy atom. The molecule has 0 saturated carbocycles. The monoisotopic (exact) mass is 168 g/mol. The average molecular weight is 169 g/mol. The summed E-state index contributed by atoms with van der Waals surface area (Å²) in [6.45, 7) is 2.04. The van der Waals surface area contributed by atoms with E-state index in [1.807, 2.05) is 25.3 Å². The first-order chi connectivity index (χ1) is 5.25. The van der Waals surface area contributed by atoms with Gasteiger partial charge in [-0.15, -0.1) is 0 Å². The van der Waals surface area contributed by atoms with Crippen LogP contribution in [0, 0.1) is 0 Å². The Labute approximate surface area is 70.8 Å². The van der Waals surface area contributed by atoms with Gasteiger partial charge in [0.15, 0.2) is 0 Å². The molecule has 2 nitrogen and oxygen atoms in total. The standard InChI is InChI=1S/C8H9ClN2/c1-6-5-11-3-2-7(9)4-8(11)10-6/h2-5,8,10H,1H3. The summed E-state index contributed by atoms with van der Waals surface area (Å²) in [6, 6.07) is 0. The molecular weight excluding hydrogens is 160 g/mol.